The first-order valence-electron chi connectivity index (χ1n) is 5.85. The van der Waals surface area contributed by atoms with Gasteiger partial charge in [-0.15, -0.1) is 6.58 Å². The second-order valence-electron chi connectivity index (χ2n) is 4.70. The minimum Gasteiger partial charge on any atom is -0.480 e. The van der Waals surface area contributed by atoms with Gasteiger partial charge in [0.25, 0.3) is 0 Å². The second-order valence-corrected chi connectivity index (χ2v) is 4.70. The lowest BCUT2D eigenvalue weighted by Crippen LogP contribution is -2.50. The lowest BCUT2D eigenvalue weighted by Gasteiger charge is -2.33. The van der Waals surface area contributed by atoms with Crippen LogP contribution in [-0.2, 0) is 9.59 Å². The summed E-state index contributed by atoms with van der Waals surface area (Å²) in [6, 6.07) is -0.869. The zero-order valence-electron chi connectivity index (χ0n) is 10.2. The number of carbonyl (C=O) groups is 2. The van der Waals surface area contributed by atoms with Crippen molar-refractivity contribution < 1.29 is 14.7 Å². The Morgan fingerprint density at radius 1 is 1.53 bits per heavy atom. The number of hydrogen-bond donors (Lipinski definition) is 3. The predicted molar refractivity (Wildman–Crippen MR) is 64.6 cm³/mol. The molecule has 3 N–H and O–H groups in total. The summed E-state index contributed by atoms with van der Waals surface area (Å²) >= 11 is 0. The summed E-state index contributed by atoms with van der Waals surface area (Å²) in [4.78, 5) is 23.0. The van der Waals surface area contributed by atoms with Gasteiger partial charge in [0.1, 0.15) is 6.04 Å². The van der Waals surface area contributed by atoms with Crippen LogP contribution in [-0.4, -0.2) is 36.1 Å². The molecule has 17 heavy (non-hydrogen) atoms. The molecule has 0 bridgehead atoms. The number of carboxylic acid groups (broad SMARTS) is 1. The minimum atomic E-state index is -1.02. The van der Waals surface area contributed by atoms with E-state index in [2.05, 4.69) is 17.2 Å². The molecule has 1 rings (SSSR count). The fourth-order valence-electron chi connectivity index (χ4n) is 1.93. The maximum atomic E-state index is 12.1. The molecule has 0 radical (unpaired) electrons. The predicted octanol–water partition coefficient (Wildman–Crippen LogP) is 0.522. The molecule has 1 aliphatic heterocycles. The molecule has 5 nitrogen and oxygen atoms in total. The minimum absolute atomic E-state index is 0.173. The van der Waals surface area contributed by atoms with Crippen molar-refractivity contribution in [2.24, 2.45) is 5.41 Å². The number of carbonyl (C=O) groups excluding carboxylic acids is 1. The maximum absolute atomic E-state index is 12.1. The molecule has 5 heteroatoms. The maximum Gasteiger partial charge on any atom is 0.326 e. The molecule has 0 spiro atoms. The zero-order chi connectivity index (χ0) is 12.9. The number of carboxylic acids is 1. The van der Waals surface area contributed by atoms with Crippen molar-refractivity contribution in [2.75, 3.05) is 13.1 Å². The Balaban J connectivity index is 2.62. The van der Waals surface area contributed by atoms with Crippen LogP contribution in [0.25, 0.3) is 0 Å². The lowest BCUT2D eigenvalue weighted by atomic mass is 9.80. The van der Waals surface area contributed by atoms with E-state index in [9.17, 15) is 9.59 Å². The van der Waals surface area contributed by atoms with Crippen LogP contribution in [0.4, 0.5) is 0 Å². The van der Waals surface area contributed by atoms with Crippen molar-refractivity contribution in [3.05, 3.63) is 12.7 Å². The molecule has 0 saturated carbocycles. The number of amides is 1. The van der Waals surface area contributed by atoms with Gasteiger partial charge in [0.15, 0.2) is 0 Å². The molecular formula is C12H20N2O3. The van der Waals surface area contributed by atoms with Gasteiger partial charge in [-0.2, -0.15) is 0 Å². The van der Waals surface area contributed by atoms with Gasteiger partial charge in [-0.05, 0) is 32.4 Å². The largest absolute Gasteiger partial charge is 0.480 e. The Morgan fingerprint density at radius 2 is 2.12 bits per heavy atom. The number of hydrogen-bond acceptors (Lipinski definition) is 3. The van der Waals surface area contributed by atoms with Crippen LogP contribution >= 0.6 is 0 Å². The molecular weight excluding hydrogens is 220 g/mol. The third-order valence-electron chi connectivity index (χ3n) is 3.26. The normalized spacial score (nSPS) is 20.3. The van der Waals surface area contributed by atoms with E-state index < -0.39 is 17.4 Å². The summed E-state index contributed by atoms with van der Waals surface area (Å²) < 4.78 is 0. The quantitative estimate of drug-likeness (QED) is 0.612. The highest BCUT2D eigenvalue weighted by atomic mass is 16.4. The highest BCUT2D eigenvalue weighted by Gasteiger charge is 2.36. The van der Waals surface area contributed by atoms with Crippen molar-refractivity contribution in [2.45, 2.75) is 32.2 Å². The van der Waals surface area contributed by atoms with E-state index in [0.29, 0.717) is 0 Å². The number of aliphatic carboxylic acids is 1. The Labute approximate surface area is 101 Å². The van der Waals surface area contributed by atoms with E-state index in [1.54, 1.807) is 0 Å². The summed E-state index contributed by atoms with van der Waals surface area (Å²) in [6.45, 7) is 6.97. The van der Waals surface area contributed by atoms with Gasteiger partial charge >= 0.3 is 5.97 Å². The van der Waals surface area contributed by atoms with E-state index >= 15 is 0 Å². The SMILES string of the molecule is C=CCC(NC(=O)C1(C)CCNCC1)C(=O)O. The van der Waals surface area contributed by atoms with Crippen molar-refractivity contribution in [1.29, 1.82) is 0 Å². The topological polar surface area (TPSA) is 78.4 Å². The lowest BCUT2D eigenvalue weighted by molar-refractivity contribution is -0.144. The Hall–Kier alpha value is -1.36. The van der Waals surface area contributed by atoms with Crippen molar-refractivity contribution in [3.8, 4) is 0 Å². The summed E-state index contributed by atoms with van der Waals surface area (Å²) in [5.74, 6) is -1.19. The molecule has 1 saturated heterocycles. The molecule has 1 fully saturated rings. The van der Waals surface area contributed by atoms with Crippen LogP contribution in [0.1, 0.15) is 26.2 Å². The molecule has 1 heterocycles. The van der Waals surface area contributed by atoms with Gasteiger partial charge in [0, 0.05) is 5.41 Å². The van der Waals surface area contributed by atoms with Crippen LogP contribution in [0.3, 0.4) is 0 Å². The van der Waals surface area contributed by atoms with Crippen LogP contribution in [0.15, 0.2) is 12.7 Å². The molecule has 1 amide bonds. The van der Waals surface area contributed by atoms with E-state index in [1.807, 2.05) is 6.92 Å². The number of rotatable bonds is 5. The van der Waals surface area contributed by atoms with Gasteiger partial charge in [0.05, 0.1) is 0 Å². The van der Waals surface area contributed by atoms with E-state index in [0.717, 1.165) is 25.9 Å². The highest BCUT2D eigenvalue weighted by Crippen LogP contribution is 2.28. The standard InChI is InChI=1S/C12H20N2O3/c1-3-4-9(10(15)16)14-11(17)12(2)5-7-13-8-6-12/h3,9,13H,1,4-8H2,2H3,(H,14,17)(H,15,16). The van der Waals surface area contributed by atoms with Crippen LogP contribution in [0, 0.1) is 5.41 Å². The monoisotopic (exact) mass is 240 g/mol. The average Bonchev–Trinajstić information content (AvgIpc) is 2.29. The molecule has 1 aliphatic rings. The summed E-state index contributed by atoms with van der Waals surface area (Å²) in [5, 5.41) is 14.7. The van der Waals surface area contributed by atoms with Crippen molar-refractivity contribution in [1.82, 2.24) is 10.6 Å². The smallest absolute Gasteiger partial charge is 0.326 e. The first-order valence-corrected chi connectivity index (χ1v) is 5.85. The van der Waals surface area contributed by atoms with Crippen LogP contribution < -0.4 is 10.6 Å². The zero-order valence-corrected chi connectivity index (χ0v) is 10.2. The summed E-state index contributed by atoms with van der Waals surface area (Å²) in [7, 11) is 0. The van der Waals surface area contributed by atoms with Crippen molar-refractivity contribution >= 4 is 11.9 Å². The van der Waals surface area contributed by atoms with Gasteiger partial charge in [-0.25, -0.2) is 4.79 Å². The third-order valence-corrected chi connectivity index (χ3v) is 3.26. The van der Waals surface area contributed by atoms with Gasteiger partial charge < -0.3 is 15.7 Å². The highest BCUT2D eigenvalue weighted by molar-refractivity contribution is 5.87. The molecule has 0 aromatic heterocycles. The van der Waals surface area contributed by atoms with E-state index in [4.69, 9.17) is 5.11 Å². The van der Waals surface area contributed by atoms with Gasteiger partial charge in [0.2, 0.25) is 5.91 Å². The second kappa shape index (κ2) is 5.82. The fourth-order valence-corrected chi connectivity index (χ4v) is 1.93. The first-order chi connectivity index (χ1) is 7.99. The van der Waals surface area contributed by atoms with Gasteiger partial charge in [-0.3, -0.25) is 4.79 Å². The summed E-state index contributed by atoms with van der Waals surface area (Å²) in [5.41, 5.74) is -0.458. The Kier molecular flexibility index (Phi) is 4.69. The third kappa shape index (κ3) is 3.56. The van der Waals surface area contributed by atoms with E-state index in [-0.39, 0.29) is 12.3 Å². The number of nitrogens with one attached hydrogen (secondary N) is 2. The first kappa shape index (κ1) is 13.7. The van der Waals surface area contributed by atoms with Crippen molar-refractivity contribution in [3.63, 3.8) is 0 Å². The van der Waals surface area contributed by atoms with Crippen LogP contribution in [0.2, 0.25) is 0 Å². The molecule has 0 aromatic rings. The number of piperidine rings is 1. The Morgan fingerprint density at radius 3 is 2.59 bits per heavy atom. The fraction of sp³-hybridized carbons (Fsp3) is 0.667. The molecule has 96 valence electrons. The van der Waals surface area contributed by atoms with Gasteiger partial charge in [-0.1, -0.05) is 13.0 Å². The average molecular weight is 240 g/mol. The van der Waals surface area contributed by atoms with Crippen LogP contribution in [0.5, 0.6) is 0 Å². The molecule has 0 aromatic carbocycles. The molecule has 0 aliphatic carbocycles. The Bertz CT molecular complexity index is 309. The molecule has 1 atom stereocenters. The van der Waals surface area contributed by atoms with E-state index in [1.165, 1.54) is 6.08 Å². The molecule has 1 unspecified atom stereocenters. The summed E-state index contributed by atoms with van der Waals surface area (Å²) in [6.07, 6.45) is 3.22.